The highest BCUT2D eigenvalue weighted by molar-refractivity contribution is 6.30. The van der Waals surface area contributed by atoms with Crippen molar-refractivity contribution in [2.45, 2.75) is 0 Å². The van der Waals surface area contributed by atoms with E-state index in [1.165, 1.54) is 6.20 Å². The van der Waals surface area contributed by atoms with Gasteiger partial charge in [-0.3, -0.25) is 4.79 Å². The molecule has 1 N–H and O–H groups in total. The fraction of sp³-hybridized carbons (Fsp3) is 0.0400. The van der Waals surface area contributed by atoms with Gasteiger partial charge in [0.15, 0.2) is 12.2 Å². The van der Waals surface area contributed by atoms with Crippen molar-refractivity contribution >= 4 is 51.2 Å². The average molecular weight is 458 g/mol. The van der Waals surface area contributed by atoms with E-state index in [-0.39, 0.29) is 0 Å². The second-order valence-electron chi connectivity index (χ2n) is 7.18. The smallest absolute Gasteiger partial charge is 0.339 e. The third kappa shape index (κ3) is 4.26. The Bertz CT molecular complexity index is 1460. The maximum atomic E-state index is 12.9. The van der Waals surface area contributed by atoms with Crippen LogP contribution in [0.15, 0.2) is 83.4 Å². The van der Waals surface area contributed by atoms with Gasteiger partial charge in [0, 0.05) is 17.1 Å². The van der Waals surface area contributed by atoms with Gasteiger partial charge < -0.3 is 14.5 Å². The number of carbonyl (C=O) groups is 2. The second-order valence-corrected chi connectivity index (χ2v) is 7.62. The number of nitrogens with zero attached hydrogens (tertiary/aromatic N) is 2. The van der Waals surface area contributed by atoms with Crippen molar-refractivity contribution in [1.29, 1.82) is 0 Å². The van der Waals surface area contributed by atoms with Gasteiger partial charge in [-0.2, -0.15) is 0 Å². The summed E-state index contributed by atoms with van der Waals surface area (Å²) in [7, 11) is 0. The Morgan fingerprint density at radius 1 is 0.970 bits per heavy atom. The van der Waals surface area contributed by atoms with Crippen LogP contribution in [0.3, 0.4) is 0 Å². The van der Waals surface area contributed by atoms with Crippen LogP contribution in [0.25, 0.3) is 33.3 Å². The maximum Gasteiger partial charge on any atom is 0.339 e. The van der Waals surface area contributed by atoms with E-state index < -0.39 is 18.5 Å². The number of nitrogens with one attached hydrogen (secondary N) is 1. The molecule has 5 aromatic rings. The van der Waals surface area contributed by atoms with Gasteiger partial charge in [0.25, 0.3) is 5.91 Å². The van der Waals surface area contributed by atoms with Crippen molar-refractivity contribution in [3.63, 3.8) is 0 Å². The molecule has 2 aromatic heterocycles. The van der Waals surface area contributed by atoms with Crippen molar-refractivity contribution < 1.29 is 18.7 Å². The third-order valence-corrected chi connectivity index (χ3v) is 5.20. The van der Waals surface area contributed by atoms with Crippen molar-refractivity contribution in [3.8, 4) is 11.5 Å². The quantitative estimate of drug-likeness (QED) is 0.350. The number of aromatic nitrogens is 2. The monoisotopic (exact) mass is 457 g/mol. The molecule has 0 unspecified atom stereocenters. The van der Waals surface area contributed by atoms with Crippen LogP contribution in [-0.4, -0.2) is 28.5 Å². The van der Waals surface area contributed by atoms with Crippen LogP contribution in [0.4, 0.5) is 5.82 Å². The zero-order valence-corrected chi connectivity index (χ0v) is 17.9. The van der Waals surface area contributed by atoms with E-state index in [1.54, 1.807) is 24.3 Å². The van der Waals surface area contributed by atoms with E-state index in [4.69, 9.17) is 20.8 Å². The second kappa shape index (κ2) is 8.72. The molecule has 7 nitrogen and oxygen atoms in total. The maximum absolute atomic E-state index is 12.9. The minimum Gasteiger partial charge on any atom is -0.452 e. The molecular weight excluding hydrogens is 442 g/mol. The first-order valence-corrected chi connectivity index (χ1v) is 10.4. The largest absolute Gasteiger partial charge is 0.452 e. The number of amides is 1. The predicted octanol–water partition coefficient (Wildman–Crippen LogP) is 5.49. The Kier molecular flexibility index (Phi) is 5.46. The van der Waals surface area contributed by atoms with Crippen LogP contribution in [0.1, 0.15) is 10.4 Å². The molecule has 0 saturated heterocycles. The third-order valence-electron chi connectivity index (χ3n) is 4.98. The number of para-hydroxylation sites is 2. The number of hydrogen-bond donors (Lipinski definition) is 1. The molecule has 0 saturated carbocycles. The standard InChI is InChI=1S/C25H16ClN3O4/c26-16-11-12-21(27-13-16)29-22(30)14-32-25(31)18-8-4-6-15-5-3-7-17(23(15)18)24-28-19-9-1-2-10-20(19)33-24/h1-13H,14H2,(H,27,29,30). The van der Waals surface area contributed by atoms with Crippen LogP contribution in [0.2, 0.25) is 5.02 Å². The minimum atomic E-state index is -0.636. The number of hydrogen-bond acceptors (Lipinski definition) is 6. The molecule has 8 heteroatoms. The van der Waals surface area contributed by atoms with Crippen LogP contribution in [0.5, 0.6) is 0 Å². The van der Waals surface area contributed by atoms with E-state index in [1.807, 2.05) is 48.5 Å². The van der Waals surface area contributed by atoms with Gasteiger partial charge >= 0.3 is 5.97 Å². The number of esters is 1. The van der Waals surface area contributed by atoms with Crippen molar-refractivity contribution in [3.05, 3.63) is 89.6 Å². The molecule has 3 aromatic carbocycles. The van der Waals surface area contributed by atoms with Crippen LogP contribution >= 0.6 is 11.6 Å². The molecule has 0 aliphatic carbocycles. The Labute approximate surface area is 193 Å². The van der Waals surface area contributed by atoms with E-state index in [0.717, 1.165) is 10.9 Å². The van der Waals surface area contributed by atoms with Gasteiger partial charge in [-0.25, -0.2) is 14.8 Å². The fourth-order valence-electron chi connectivity index (χ4n) is 3.51. The number of carbonyl (C=O) groups excluding carboxylic acids is 2. The lowest BCUT2D eigenvalue weighted by molar-refractivity contribution is -0.119. The van der Waals surface area contributed by atoms with Gasteiger partial charge in [0.1, 0.15) is 11.3 Å². The zero-order chi connectivity index (χ0) is 22.8. The molecule has 0 atom stereocenters. The molecule has 0 bridgehead atoms. The number of fused-ring (bicyclic) bond motifs is 2. The first-order valence-electron chi connectivity index (χ1n) is 10.0. The van der Waals surface area contributed by atoms with E-state index in [9.17, 15) is 9.59 Å². The summed E-state index contributed by atoms with van der Waals surface area (Å²) in [6.45, 7) is -0.468. The van der Waals surface area contributed by atoms with E-state index >= 15 is 0 Å². The predicted molar refractivity (Wildman–Crippen MR) is 125 cm³/mol. The molecule has 1 amide bonds. The Hall–Kier alpha value is -4.23. The Morgan fingerprint density at radius 3 is 2.58 bits per heavy atom. The normalized spacial score (nSPS) is 10.9. The first-order chi connectivity index (χ1) is 16.1. The number of oxazole rings is 1. The summed E-state index contributed by atoms with van der Waals surface area (Å²) in [5.41, 5.74) is 2.34. The van der Waals surface area contributed by atoms with E-state index in [2.05, 4.69) is 15.3 Å². The topological polar surface area (TPSA) is 94.3 Å². The SMILES string of the molecule is O=C(COC(=O)c1cccc2cccc(-c3nc4ccccc4o3)c12)Nc1ccc(Cl)cn1. The molecule has 0 fully saturated rings. The van der Waals surface area contributed by atoms with Gasteiger partial charge in [0.2, 0.25) is 5.89 Å². The van der Waals surface area contributed by atoms with Crippen LogP contribution in [0, 0.1) is 0 Å². The summed E-state index contributed by atoms with van der Waals surface area (Å²) >= 11 is 5.79. The molecule has 0 radical (unpaired) electrons. The van der Waals surface area contributed by atoms with Gasteiger partial charge in [-0.05, 0) is 41.8 Å². The zero-order valence-electron chi connectivity index (χ0n) is 17.1. The molecule has 0 aliphatic rings. The van der Waals surface area contributed by atoms with Crippen LogP contribution < -0.4 is 5.32 Å². The lowest BCUT2D eigenvalue weighted by atomic mass is 9.99. The summed E-state index contributed by atoms with van der Waals surface area (Å²) < 4.78 is 11.2. The van der Waals surface area contributed by atoms with Gasteiger partial charge in [-0.1, -0.05) is 48.0 Å². The van der Waals surface area contributed by atoms with Crippen molar-refractivity contribution in [2.24, 2.45) is 0 Å². The number of rotatable bonds is 5. The highest BCUT2D eigenvalue weighted by Gasteiger charge is 2.19. The molecule has 162 valence electrons. The summed E-state index contributed by atoms with van der Waals surface area (Å²) in [6, 6.07) is 21.5. The molecule has 0 aliphatic heterocycles. The molecule has 0 spiro atoms. The highest BCUT2D eigenvalue weighted by Crippen LogP contribution is 2.33. The fourth-order valence-corrected chi connectivity index (χ4v) is 3.63. The lowest BCUT2D eigenvalue weighted by Gasteiger charge is -2.10. The summed E-state index contributed by atoms with van der Waals surface area (Å²) in [4.78, 5) is 33.7. The number of benzene rings is 3. The first kappa shape index (κ1) is 20.7. The number of pyridine rings is 1. The lowest BCUT2D eigenvalue weighted by Crippen LogP contribution is -2.21. The highest BCUT2D eigenvalue weighted by atomic mass is 35.5. The molecular formula is C25H16ClN3O4. The van der Waals surface area contributed by atoms with Crippen LogP contribution in [-0.2, 0) is 9.53 Å². The van der Waals surface area contributed by atoms with Gasteiger partial charge in [-0.15, -0.1) is 0 Å². The van der Waals surface area contributed by atoms with Crippen molar-refractivity contribution in [2.75, 3.05) is 11.9 Å². The minimum absolute atomic E-state index is 0.308. The van der Waals surface area contributed by atoms with E-state index in [0.29, 0.717) is 38.8 Å². The number of halogens is 1. The number of ether oxygens (including phenoxy) is 1. The molecule has 2 heterocycles. The summed E-state index contributed by atoms with van der Waals surface area (Å²) in [5.74, 6) is -0.446. The molecule has 5 rings (SSSR count). The average Bonchev–Trinajstić information content (AvgIpc) is 3.27. The summed E-state index contributed by atoms with van der Waals surface area (Å²) in [6.07, 6.45) is 1.41. The Balaban J connectivity index is 1.42. The van der Waals surface area contributed by atoms with Crippen molar-refractivity contribution in [1.82, 2.24) is 9.97 Å². The number of anilines is 1. The molecule has 33 heavy (non-hydrogen) atoms. The van der Waals surface area contributed by atoms with Gasteiger partial charge in [0.05, 0.1) is 10.6 Å². The summed E-state index contributed by atoms with van der Waals surface area (Å²) in [5, 5.41) is 4.46. The Morgan fingerprint density at radius 2 is 1.79 bits per heavy atom.